The number of ether oxygens (including phenoxy) is 2. The van der Waals surface area contributed by atoms with Crippen molar-refractivity contribution in [1.82, 2.24) is 4.90 Å². The quantitative estimate of drug-likeness (QED) is 0.700. The number of nitrogens with zero attached hydrogens (tertiary/aromatic N) is 1. The highest BCUT2D eigenvalue weighted by atomic mass is 19.4. The number of hydrogen-bond donors (Lipinski definition) is 1. The van der Waals surface area contributed by atoms with Gasteiger partial charge in [-0.15, -0.1) is 0 Å². The van der Waals surface area contributed by atoms with E-state index < -0.39 is 41.7 Å². The normalized spacial score (nSPS) is 12.2. The molecule has 0 aliphatic carbocycles. The van der Waals surface area contributed by atoms with Gasteiger partial charge in [0.25, 0.3) is 0 Å². The van der Waals surface area contributed by atoms with Crippen LogP contribution in [0.3, 0.4) is 0 Å². The van der Waals surface area contributed by atoms with Crippen molar-refractivity contribution < 1.29 is 37.0 Å². The maximum atomic E-state index is 13.2. The highest BCUT2D eigenvalue weighted by Crippen LogP contribution is 2.32. The van der Waals surface area contributed by atoms with Crippen LogP contribution in [0.1, 0.15) is 52.7 Å². The molecule has 0 unspecified atom stereocenters. The molecule has 0 spiro atoms. The second kappa shape index (κ2) is 8.71. The lowest BCUT2D eigenvalue weighted by molar-refractivity contribution is -0.137. The van der Waals surface area contributed by atoms with Crippen LogP contribution in [0.4, 0.5) is 28.4 Å². The molecule has 1 rings (SSSR count). The Morgan fingerprint density at radius 3 is 1.83 bits per heavy atom. The number of hydrogen-bond acceptors (Lipinski definition) is 5. The van der Waals surface area contributed by atoms with Gasteiger partial charge >= 0.3 is 18.4 Å². The zero-order chi connectivity index (χ0) is 22.6. The SMILES string of the molecule is CC(C)(C)OC(=O)N(Cc1cc(NC=O)cc(C(F)(F)F)c1)C(=O)OC(C)(C)C. The lowest BCUT2D eigenvalue weighted by atomic mass is 10.1. The van der Waals surface area contributed by atoms with Crippen LogP contribution in [-0.4, -0.2) is 34.7 Å². The number of carbonyl (C=O) groups is 3. The summed E-state index contributed by atoms with van der Waals surface area (Å²) in [5.74, 6) is 0. The van der Waals surface area contributed by atoms with Crippen LogP contribution < -0.4 is 5.32 Å². The molecular weight excluding hydrogens is 393 g/mol. The van der Waals surface area contributed by atoms with Crippen molar-refractivity contribution >= 4 is 24.3 Å². The van der Waals surface area contributed by atoms with Crippen LogP contribution in [0.15, 0.2) is 18.2 Å². The Balaban J connectivity index is 3.33. The van der Waals surface area contributed by atoms with Crippen LogP contribution in [-0.2, 0) is 27.0 Å². The van der Waals surface area contributed by atoms with Crippen molar-refractivity contribution in [3.8, 4) is 0 Å². The van der Waals surface area contributed by atoms with Gasteiger partial charge in [-0.3, -0.25) is 4.79 Å². The van der Waals surface area contributed by atoms with Crippen molar-refractivity contribution in [2.24, 2.45) is 0 Å². The minimum absolute atomic E-state index is 0.0547. The predicted molar refractivity (Wildman–Crippen MR) is 99.1 cm³/mol. The summed E-state index contributed by atoms with van der Waals surface area (Å²) in [4.78, 5) is 36.2. The minimum Gasteiger partial charge on any atom is -0.443 e. The number of anilines is 1. The van der Waals surface area contributed by atoms with Crippen molar-refractivity contribution in [1.29, 1.82) is 0 Å². The maximum absolute atomic E-state index is 13.2. The molecule has 0 bridgehead atoms. The molecule has 0 saturated carbocycles. The molecule has 0 fully saturated rings. The fourth-order valence-electron chi connectivity index (χ4n) is 2.12. The Morgan fingerprint density at radius 1 is 0.966 bits per heavy atom. The summed E-state index contributed by atoms with van der Waals surface area (Å²) in [6.07, 6.45) is -6.63. The van der Waals surface area contributed by atoms with Crippen LogP contribution in [0.2, 0.25) is 0 Å². The minimum atomic E-state index is -4.70. The Bertz CT molecular complexity index is 737. The lowest BCUT2D eigenvalue weighted by Crippen LogP contribution is -2.43. The summed E-state index contributed by atoms with van der Waals surface area (Å²) in [5, 5.41) is 2.14. The van der Waals surface area contributed by atoms with Gasteiger partial charge in [-0.2, -0.15) is 13.2 Å². The molecule has 1 aromatic carbocycles. The van der Waals surface area contributed by atoms with E-state index in [2.05, 4.69) is 5.32 Å². The Morgan fingerprint density at radius 2 is 1.45 bits per heavy atom. The number of carbonyl (C=O) groups excluding carboxylic acids is 3. The third-order valence-corrected chi connectivity index (χ3v) is 3.11. The van der Waals surface area contributed by atoms with Crippen LogP contribution in [0.5, 0.6) is 0 Å². The fourth-order valence-corrected chi connectivity index (χ4v) is 2.12. The van der Waals surface area contributed by atoms with Gasteiger partial charge in [0.2, 0.25) is 6.41 Å². The molecule has 3 amide bonds. The largest absolute Gasteiger partial charge is 0.443 e. The van der Waals surface area contributed by atoms with Crippen molar-refractivity contribution in [2.75, 3.05) is 5.32 Å². The van der Waals surface area contributed by atoms with Crippen molar-refractivity contribution in [3.05, 3.63) is 29.3 Å². The molecule has 162 valence electrons. The van der Waals surface area contributed by atoms with Crippen molar-refractivity contribution in [2.45, 2.75) is 65.5 Å². The molecule has 0 aliphatic rings. The van der Waals surface area contributed by atoms with Gasteiger partial charge in [-0.25, -0.2) is 14.5 Å². The van der Waals surface area contributed by atoms with E-state index in [0.717, 1.165) is 12.1 Å². The van der Waals surface area contributed by atoms with Gasteiger partial charge in [0.05, 0.1) is 12.1 Å². The molecular formula is C19H25F3N2O5. The molecule has 0 aliphatic heterocycles. The number of imide groups is 1. The summed E-state index contributed by atoms with van der Waals surface area (Å²) < 4.78 is 49.9. The molecule has 29 heavy (non-hydrogen) atoms. The lowest BCUT2D eigenvalue weighted by Gasteiger charge is -2.28. The summed E-state index contributed by atoms with van der Waals surface area (Å²) in [5.41, 5.74) is -3.14. The van der Waals surface area contributed by atoms with E-state index >= 15 is 0 Å². The third kappa shape index (κ3) is 8.41. The highest BCUT2D eigenvalue weighted by Gasteiger charge is 2.34. The number of halogens is 3. The van der Waals surface area contributed by atoms with Gasteiger partial charge in [-0.05, 0) is 65.3 Å². The highest BCUT2D eigenvalue weighted by molar-refractivity contribution is 5.88. The molecule has 7 nitrogen and oxygen atoms in total. The van der Waals surface area contributed by atoms with Gasteiger partial charge in [0.15, 0.2) is 0 Å². The Labute approximate surface area is 167 Å². The van der Waals surface area contributed by atoms with E-state index in [-0.39, 0.29) is 17.7 Å². The summed E-state index contributed by atoms with van der Waals surface area (Å²) in [7, 11) is 0. The van der Waals surface area contributed by atoms with Gasteiger partial charge in [0, 0.05) is 5.69 Å². The fraction of sp³-hybridized carbons (Fsp3) is 0.526. The van der Waals surface area contributed by atoms with Crippen LogP contribution in [0, 0.1) is 0 Å². The maximum Gasteiger partial charge on any atom is 0.420 e. The van der Waals surface area contributed by atoms with Crippen molar-refractivity contribution in [3.63, 3.8) is 0 Å². The molecule has 1 N–H and O–H groups in total. The number of rotatable bonds is 4. The van der Waals surface area contributed by atoms with E-state index in [1.54, 1.807) is 41.5 Å². The molecule has 0 aromatic heterocycles. The van der Waals surface area contributed by atoms with E-state index in [1.165, 1.54) is 6.07 Å². The van der Waals surface area contributed by atoms with Gasteiger partial charge < -0.3 is 14.8 Å². The van der Waals surface area contributed by atoms with Gasteiger partial charge in [0.1, 0.15) is 11.2 Å². The molecule has 0 atom stereocenters. The molecule has 0 saturated heterocycles. The third-order valence-electron chi connectivity index (χ3n) is 3.11. The molecule has 0 radical (unpaired) electrons. The standard InChI is InChI=1S/C19H25F3N2O5/c1-17(2,3)28-15(26)24(16(27)29-18(4,5)6)10-12-7-13(19(20,21)22)9-14(8-12)23-11-25/h7-9,11H,10H2,1-6H3,(H,23,25). The average Bonchev–Trinajstić information content (AvgIpc) is 2.48. The second-order valence-electron chi connectivity index (χ2n) is 8.23. The summed E-state index contributed by atoms with van der Waals surface area (Å²) in [6.45, 7) is 8.91. The first-order valence-corrected chi connectivity index (χ1v) is 8.67. The predicted octanol–water partition coefficient (Wildman–Crippen LogP) is 4.95. The zero-order valence-electron chi connectivity index (χ0n) is 17.1. The zero-order valence-corrected chi connectivity index (χ0v) is 17.1. The Kier molecular flexibility index (Phi) is 7.28. The average molecular weight is 418 g/mol. The first-order valence-electron chi connectivity index (χ1n) is 8.67. The van der Waals surface area contributed by atoms with E-state index in [0.29, 0.717) is 4.90 Å². The van der Waals surface area contributed by atoms with Crippen LogP contribution in [0.25, 0.3) is 0 Å². The van der Waals surface area contributed by atoms with E-state index in [4.69, 9.17) is 9.47 Å². The topological polar surface area (TPSA) is 84.9 Å². The Hall–Kier alpha value is -2.78. The van der Waals surface area contributed by atoms with Gasteiger partial charge in [-0.1, -0.05) is 0 Å². The first-order chi connectivity index (χ1) is 13.0. The number of nitrogens with one attached hydrogen (secondary N) is 1. The monoisotopic (exact) mass is 418 g/mol. The van der Waals surface area contributed by atoms with E-state index in [9.17, 15) is 27.6 Å². The molecule has 1 aromatic rings. The van der Waals surface area contributed by atoms with Crippen LogP contribution >= 0.6 is 0 Å². The number of benzene rings is 1. The smallest absolute Gasteiger partial charge is 0.420 e. The molecule has 0 heterocycles. The number of amides is 3. The van der Waals surface area contributed by atoms with E-state index in [1.807, 2.05) is 0 Å². The first kappa shape index (κ1) is 24.3. The number of alkyl halides is 3. The molecule has 10 heteroatoms. The summed E-state index contributed by atoms with van der Waals surface area (Å²) in [6, 6.07) is 2.73. The summed E-state index contributed by atoms with van der Waals surface area (Å²) >= 11 is 0. The second-order valence-corrected chi connectivity index (χ2v) is 8.23.